The summed E-state index contributed by atoms with van der Waals surface area (Å²) in [5.41, 5.74) is 3.17. The lowest BCUT2D eigenvalue weighted by molar-refractivity contribution is -0.115. The highest BCUT2D eigenvalue weighted by molar-refractivity contribution is 6.30. The van der Waals surface area contributed by atoms with Crippen molar-refractivity contribution in [2.24, 2.45) is 0 Å². The minimum atomic E-state index is 0.0545. The summed E-state index contributed by atoms with van der Waals surface area (Å²) < 4.78 is 5.91. The molecule has 0 aliphatic carbocycles. The van der Waals surface area contributed by atoms with Gasteiger partial charge < -0.3 is 15.0 Å². The number of anilines is 2. The molecule has 5 nitrogen and oxygen atoms in total. The van der Waals surface area contributed by atoms with Gasteiger partial charge in [0.2, 0.25) is 5.91 Å². The van der Waals surface area contributed by atoms with Crippen LogP contribution in [0.4, 0.5) is 11.4 Å². The number of carbonyl (C=O) groups excluding carboxylic acids is 1. The van der Waals surface area contributed by atoms with Gasteiger partial charge in [0.15, 0.2) is 0 Å². The average molecular weight is 400 g/mol. The van der Waals surface area contributed by atoms with Gasteiger partial charge in [-0.05, 0) is 61.4 Å². The van der Waals surface area contributed by atoms with Crippen LogP contribution in [0.15, 0.2) is 42.5 Å². The molecule has 0 saturated carbocycles. The summed E-state index contributed by atoms with van der Waals surface area (Å²) in [7, 11) is 0. The molecule has 2 heterocycles. The van der Waals surface area contributed by atoms with E-state index in [1.54, 1.807) is 0 Å². The van der Waals surface area contributed by atoms with Crippen LogP contribution in [0.25, 0.3) is 0 Å². The molecule has 1 N–H and O–H groups in total. The Balaban J connectivity index is 1.21. The van der Waals surface area contributed by atoms with Crippen LogP contribution in [0.2, 0.25) is 5.02 Å². The lowest BCUT2D eigenvalue weighted by Crippen LogP contribution is -2.52. The first-order valence-electron chi connectivity index (χ1n) is 9.88. The molecule has 2 aromatic carbocycles. The van der Waals surface area contributed by atoms with E-state index in [4.69, 9.17) is 16.3 Å². The molecule has 0 aromatic heterocycles. The van der Waals surface area contributed by atoms with Crippen LogP contribution in [0, 0.1) is 0 Å². The molecule has 0 radical (unpaired) electrons. The van der Waals surface area contributed by atoms with Gasteiger partial charge >= 0.3 is 0 Å². The third kappa shape index (κ3) is 4.42. The number of hydrogen-bond acceptors (Lipinski definition) is 4. The maximum atomic E-state index is 11.4. The van der Waals surface area contributed by atoms with E-state index in [2.05, 4.69) is 34.2 Å². The van der Waals surface area contributed by atoms with Gasteiger partial charge in [0.1, 0.15) is 5.75 Å². The molecular weight excluding hydrogens is 374 g/mol. The molecule has 1 unspecified atom stereocenters. The van der Waals surface area contributed by atoms with Gasteiger partial charge in [0, 0.05) is 48.6 Å². The van der Waals surface area contributed by atoms with Crippen molar-refractivity contribution in [3.8, 4) is 5.75 Å². The van der Waals surface area contributed by atoms with Crippen molar-refractivity contribution in [3.63, 3.8) is 0 Å². The molecule has 2 aromatic rings. The Morgan fingerprint density at radius 3 is 2.79 bits per heavy atom. The SMILES string of the molecule is CC1CN(c2ccc(Cl)cc2)CCN1CCCOc1ccc2c(c1)CC(=O)N2. The summed E-state index contributed by atoms with van der Waals surface area (Å²) in [5.74, 6) is 0.898. The number of hydrogen-bond donors (Lipinski definition) is 1. The largest absolute Gasteiger partial charge is 0.494 e. The van der Waals surface area contributed by atoms with E-state index in [1.165, 1.54) is 5.69 Å². The van der Waals surface area contributed by atoms with Crippen molar-refractivity contribution in [1.82, 2.24) is 4.90 Å². The van der Waals surface area contributed by atoms with Gasteiger partial charge in [-0.15, -0.1) is 0 Å². The molecule has 0 bridgehead atoms. The Morgan fingerprint density at radius 1 is 1.18 bits per heavy atom. The van der Waals surface area contributed by atoms with Crippen LogP contribution >= 0.6 is 11.6 Å². The molecule has 2 aliphatic rings. The number of piperazine rings is 1. The molecule has 4 rings (SSSR count). The predicted octanol–water partition coefficient (Wildman–Crippen LogP) is 3.81. The predicted molar refractivity (Wildman–Crippen MR) is 114 cm³/mol. The van der Waals surface area contributed by atoms with Gasteiger partial charge in [-0.25, -0.2) is 0 Å². The Bertz CT molecular complexity index is 840. The molecule has 1 atom stereocenters. The molecule has 28 heavy (non-hydrogen) atoms. The Kier molecular flexibility index (Phi) is 5.74. The first-order valence-corrected chi connectivity index (χ1v) is 10.3. The molecule has 1 amide bonds. The summed E-state index contributed by atoms with van der Waals surface area (Å²) in [4.78, 5) is 16.4. The number of fused-ring (bicyclic) bond motifs is 1. The quantitative estimate of drug-likeness (QED) is 0.750. The van der Waals surface area contributed by atoms with Crippen LogP contribution < -0.4 is 15.0 Å². The highest BCUT2D eigenvalue weighted by atomic mass is 35.5. The minimum absolute atomic E-state index is 0.0545. The number of nitrogens with zero attached hydrogens (tertiary/aromatic N) is 2. The van der Waals surface area contributed by atoms with Gasteiger partial charge in [0.25, 0.3) is 0 Å². The highest BCUT2D eigenvalue weighted by Gasteiger charge is 2.23. The normalized spacial score (nSPS) is 19.4. The van der Waals surface area contributed by atoms with Crippen LogP contribution in [-0.2, 0) is 11.2 Å². The maximum Gasteiger partial charge on any atom is 0.228 e. The van der Waals surface area contributed by atoms with Crippen LogP contribution in [-0.4, -0.2) is 49.6 Å². The van der Waals surface area contributed by atoms with Crippen molar-refractivity contribution in [1.29, 1.82) is 0 Å². The van der Waals surface area contributed by atoms with E-state index in [0.29, 0.717) is 19.1 Å². The average Bonchev–Trinajstić information content (AvgIpc) is 3.06. The molecule has 1 fully saturated rings. The Morgan fingerprint density at radius 2 is 2.00 bits per heavy atom. The van der Waals surface area contributed by atoms with Crippen molar-refractivity contribution in [2.45, 2.75) is 25.8 Å². The summed E-state index contributed by atoms with van der Waals surface area (Å²) >= 11 is 6.00. The molecule has 1 saturated heterocycles. The van der Waals surface area contributed by atoms with Gasteiger partial charge in [-0.1, -0.05) is 11.6 Å². The maximum absolute atomic E-state index is 11.4. The fourth-order valence-corrected chi connectivity index (χ4v) is 4.09. The molecule has 0 spiro atoms. The van der Waals surface area contributed by atoms with Crippen molar-refractivity contribution in [3.05, 3.63) is 53.1 Å². The topological polar surface area (TPSA) is 44.8 Å². The molecule has 2 aliphatic heterocycles. The zero-order valence-electron chi connectivity index (χ0n) is 16.2. The van der Waals surface area contributed by atoms with Gasteiger partial charge in [0.05, 0.1) is 13.0 Å². The second-order valence-electron chi connectivity index (χ2n) is 7.55. The van der Waals surface area contributed by atoms with E-state index < -0.39 is 0 Å². The third-order valence-corrected chi connectivity index (χ3v) is 5.77. The van der Waals surface area contributed by atoms with Gasteiger partial charge in [-0.3, -0.25) is 9.69 Å². The third-order valence-electron chi connectivity index (χ3n) is 5.52. The summed E-state index contributed by atoms with van der Waals surface area (Å²) in [6.07, 6.45) is 1.43. The zero-order chi connectivity index (χ0) is 19.5. The van der Waals surface area contributed by atoms with Crippen molar-refractivity contribution < 1.29 is 9.53 Å². The van der Waals surface area contributed by atoms with E-state index in [-0.39, 0.29) is 5.91 Å². The van der Waals surface area contributed by atoms with Crippen LogP contribution in [0.5, 0.6) is 5.75 Å². The zero-order valence-corrected chi connectivity index (χ0v) is 16.9. The monoisotopic (exact) mass is 399 g/mol. The van der Waals surface area contributed by atoms with Crippen molar-refractivity contribution >= 4 is 28.9 Å². The number of amides is 1. The standard InChI is InChI=1S/C22H26ClN3O2/c1-16-15-26(19-5-3-18(23)4-6-19)11-10-25(16)9-2-12-28-20-7-8-21-17(13-20)14-22(27)24-21/h3-8,13,16H,2,9-12,14-15H2,1H3,(H,24,27). The first kappa shape index (κ1) is 19.1. The summed E-state index contributed by atoms with van der Waals surface area (Å²) in [5, 5.41) is 3.63. The lowest BCUT2D eigenvalue weighted by Gasteiger charge is -2.41. The van der Waals surface area contributed by atoms with E-state index in [1.807, 2.05) is 30.3 Å². The smallest absolute Gasteiger partial charge is 0.228 e. The molecular formula is C22H26ClN3O2. The number of nitrogens with one attached hydrogen (secondary N) is 1. The summed E-state index contributed by atoms with van der Waals surface area (Å²) in [6.45, 7) is 7.10. The lowest BCUT2D eigenvalue weighted by atomic mass is 10.1. The Labute approximate surface area is 171 Å². The van der Waals surface area contributed by atoms with E-state index in [0.717, 1.165) is 54.6 Å². The Hall–Kier alpha value is -2.24. The second-order valence-corrected chi connectivity index (χ2v) is 7.99. The minimum Gasteiger partial charge on any atom is -0.494 e. The number of halogens is 1. The summed E-state index contributed by atoms with van der Waals surface area (Å²) in [6, 6.07) is 14.4. The van der Waals surface area contributed by atoms with Crippen LogP contribution in [0.3, 0.4) is 0 Å². The number of rotatable bonds is 6. The molecule has 6 heteroatoms. The molecule has 148 valence electrons. The van der Waals surface area contributed by atoms with E-state index in [9.17, 15) is 4.79 Å². The van der Waals surface area contributed by atoms with Crippen LogP contribution in [0.1, 0.15) is 18.9 Å². The fraction of sp³-hybridized carbons (Fsp3) is 0.409. The van der Waals surface area contributed by atoms with Gasteiger partial charge in [-0.2, -0.15) is 0 Å². The first-order chi connectivity index (χ1) is 13.6. The number of carbonyl (C=O) groups is 1. The fourth-order valence-electron chi connectivity index (χ4n) is 3.97. The second kappa shape index (κ2) is 8.41. The van der Waals surface area contributed by atoms with E-state index >= 15 is 0 Å². The number of ether oxygens (including phenoxy) is 1. The highest BCUT2D eigenvalue weighted by Crippen LogP contribution is 2.27. The van der Waals surface area contributed by atoms with Crippen molar-refractivity contribution in [2.75, 3.05) is 43.0 Å². The number of benzene rings is 2.